The fraction of sp³-hybridized carbons (Fsp3) is 0.348. The summed E-state index contributed by atoms with van der Waals surface area (Å²) in [5.41, 5.74) is 1.64. The van der Waals surface area contributed by atoms with Gasteiger partial charge in [-0.25, -0.2) is 4.39 Å². The van der Waals surface area contributed by atoms with Gasteiger partial charge in [-0.05, 0) is 55.3 Å². The topological polar surface area (TPSA) is 35.6 Å². The lowest BCUT2D eigenvalue weighted by Gasteiger charge is -2.36. The Morgan fingerprint density at radius 2 is 1.76 bits per heavy atom. The predicted molar refractivity (Wildman–Crippen MR) is 118 cm³/mol. The molecule has 0 saturated carbocycles. The Bertz CT molecular complexity index is 817. The quantitative estimate of drug-likeness (QED) is 0.518. The largest absolute Gasteiger partial charge is 0.367 e. The number of anilines is 1. The number of hydrogen-bond donors (Lipinski definition) is 1. The molecule has 6 heteroatoms. The van der Waals surface area contributed by atoms with Crippen LogP contribution in [-0.2, 0) is 4.79 Å². The highest BCUT2D eigenvalue weighted by molar-refractivity contribution is 6.30. The predicted octanol–water partition coefficient (Wildman–Crippen LogP) is 4.21. The number of rotatable bonds is 8. The first-order chi connectivity index (χ1) is 14.1. The van der Waals surface area contributed by atoms with Crippen LogP contribution in [0.15, 0.2) is 54.6 Å². The number of para-hydroxylation sites is 1. The minimum absolute atomic E-state index is 0.0848. The summed E-state index contributed by atoms with van der Waals surface area (Å²) in [6, 6.07) is 14.3. The van der Waals surface area contributed by atoms with Crippen LogP contribution in [0.25, 0.3) is 6.08 Å². The van der Waals surface area contributed by atoms with Gasteiger partial charge in [-0.2, -0.15) is 0 Å². The molecule has 29 heavy (non-hydrogen) atoms. The molecule has 1 aliphatic rings. The number of nitrogens with zero attached hydrogens (tertiary/aromatic N) is 2. The fourth-order valence-electron chi connectivity index (χ4n) is 3.40. The Hall–Kier alpha value is -2.37. The van der Waals surface area contributed by atoms with Crippen molar-refractivity contribution >= 4 is 29.3 Å². The van der Waals surface area contributed by atoms with Crippen LogP contribution in [0.4, 0.5) is 10.1 Å². The third-order valence-corrected chi connectivity index (χ3v) is 5.31. The lowest BCUT2D eigenvalue weighted by atomic mass is 10.2. The number of piperazine rings is 1. The van der Waals surface area contributed by atoms with E-state index in [1.807, 2.05) is 24.3 Å². The van der Waals surface area contributed by atoms with Gasteiger partial charge in [0.25, 0.3) is 0 Å². The minimum Gasteiger partial charge on any atom is -0.367 e. The average molecular weight is 416 g/mol. The second-order valence-electron chi connectivity index (χ2n) is 7.16. The van der Waals surface area contributed by atoms with Crippen molar-refractivity contribution in [2.45, 2.75) is 12.8 Å². The molecule has 3 rings (SSSR count). The highest BCUT2D eigenvalue weighted by atomic mass is 35.5. The molecule has 0 aromatic heterocycles. The van der Waals surface area contributed by atoms with Gasteiger partial charge >= 0.3 is 0 Å². The number of hydrogen-bond acceptors (Lipinski definition) is 3. The molecule has 1 fully saturated rings. The first-order valence-electron chi connectivity index (χ1n) is 10.0. The third-order valence-electron chi connectivity index (χ3n) is 5.06. The maximum Gasteiger partial charge on any atom is 0.243 e. The molecule has 0 spiro atoms. The van der Waals surface area contributed by atoms with Crippen LogP contribution < -0.4 is 10.2 Å². The molecule has 0 unspecified atom stereocenters. The molecular weight excluding hydrogens is 389 g/mol. The molecular formula is C23H27ClFN3O. The normalized spacial score (nSPS) is 15.0. The number of carbonyl (C=O) groups is 1. The molecule has 1 saturated heterocycles. The highest BCUT2D eigenvalue weighted by Gasteiger charge is 2.18. The van der Waals surface area contributed by atoms with Crippen LogP contribution in [0.1, 0.15) is 18.4 Å². The van der Waals surface area contributed by atoms with Crippen LogP contribution in [0.2, 0.25) is 5.02 Å². The Labute approximate surface area is 177 Å². The van der Waals surface area contributed by atoms with Gasteiger partial charge in [0, 0.05) is 43.8 Å². The van der Waals surface area contributed by atoms with E-state index in [9.17, 15) is 9.18 Å². The summed E-state index contributed by atoms with van der Waals surface area (Å²) in [5, 5.41) is 3.60. The zero-order chi connectivity index (χ0) is 20.5. The van der Waals surface area contributed by atoms with Crippen LogP contribution in [0.5, 0.6) is 0 Å². The summed E-state index contributed by atoms with van der Waals surface area (Å²) in [6.07, 6.45) is 5.29. The van der Waals surface area contributed by atoms with Crippen molar-refractivity contribution in [3.05, 3.63) is 71.0 Å². The summed E-state index contributed by atoms with van der Waals surface area (Å²) in [5.74, 6) is -0.236. The molecule has 0 bridgehead atoms. The molecule has 1 heterocycles. The van der Waals surface area contributed by atoms with Crippen molar-refractivity contribution in [3.63, 3.8) is 0 Å². The van der Waals surface area contributed by atoms with Gasteiger partial charge in [0.05, 0.1) is 5.69 Å². The van der Waals surface area contributed by atoms with Gasteiger partial charge in [0.1, 0.15) is 5.82 Å². The Morgan fingerprint density at radius 3 is 2.48 bits per heavy atom. The number of halogens is 2. The Kier molecular flexibility index (Phi) is 8.08. The first kappa shape index (κ1) is 21.3. The monoisotopic (exact) mass is 415 g/mol. The highest BCUT2D eigenvalue weighted by Crippen LogP contribution is 2.20. The van der Waals surface area contributed by atoms with Gasteiger partial charge in [-0.3, -0.25) is 9.69 Å². The molecule has 4 nitrogen and oxygen atoms in total. The summed E-state index contributed by atoms with van der Waals surface area (Å²) < 4.78 is 13.9. The summed E-state index contributed by atoms with van der Waals surface area (Å²) in [7, 11) is 0. The number of carbonyl (C=O) groups excluding carboxylic acids is 1. The van der Waals surface area contributed by atoms with Crippen LogP contribution >= 0.6 is 11.6 Å². The van der Waals surface area contributed by atoms with E-state index >= 15 is 0 Å². The van der Waals surface area contributed by atoms with Crippen molar-refractivity contribution in [3.8, 4) is 0 Å². The van der Waals surface area contributed by atoms with Gasteiger partial charge in [-0.1, -0.05) is 35.9 Å². The van der Waals surface area contributed by atoms with E-state index < -0.39 is 0 Å². The maximum absolute atomic E-state index is 13.9. The van der Waals surface area contributed by atoms with Gasteiger partial charge in [0.15, 0.2) is 0 Å². The second-order valence-corrected chi connectivity index (χ2v) is 7.60. The van der Waals surface area contributed by atoms with Crippen molar-refractivity contribution in [1.82, 2.24) is 10.2 Å². The summed E-state index contributed by atoms with van der Waals surface area (Å²) in [6.45, 7) is 5.22. The Balaban J connectivity index is 1.28. The minimum atomic E-state index is -0.151. The molecule has 0 atom stereocenters. The van der Waals surface area contributed by atoms with Crippen LogP contribution in [-0.4, -0.2) is 50.1 Å². The molecule has 2 aromatic rings. The van der Waals surface area contributed by atoms with Crippen LogP contribution in [0, 0.1) is 5.82 Å². The molecule has 0 aliphatic carbocycles. The maximum atomic E-state index is 13.9. The van der Waals surface area contributed by atoms with Crippen molar-refractivity contribution in [2.75, 3.05) is 44.2 Å². The SMILES string of the molecule is O=C(C=Cc1ccc(Cl)cc1)NCCCCN1CCN(c2ccccc2F)CC1. The number of nitrogens with one attached hydrogen (secondary N) is 1. The average Bonchev–Trinajstić information content (AvgIpc) is 2.74. The smallest absolute Gasteiger partial charge is 0.243 e. The van der Waals surface area contributed by atoms with Gasteiger partial charge < -0.3 is 10.2 Å². The molecule has 0 radical (unpaired) electrons. The number of amides is 1. The first-order valence-corrected chi connectivity index (χ1v) is 10.4. The lowest BCUT2D eigenvalue weighted by molar-refractivity contribution is -0.116. The standard InChI is InChI=1S/C23H27ClFN3O/c24-20-10-7-19(8-11-20)9-12-23(29)26-13-3-4-14-27-15-17-28(18-16-27)22-6-2-1-5-21(22)25/h1-2,5-12H,3-4,13-18H2,(H,26,29). The molecule has 154 valence electrons. The Morgan fingerprint density at radius 1 is 1.03 bits per heavy atom. The third kappa shape index (κ3) is 6.87. The number of unbranched alkanes of at least 4 members (excludes halogenated alkanes) is 1. The zero-order valence-electron chi connectivity index (χ0n) is 16.5. The van der Waals surface area contributed by atoms with Crippen molar-refractivity contribution in [2.24, 2.45) is 0 Å². The summed E-state index contributed by atoms with van der Waals surface area (Å²) in [4.78, 5) is 16.4. The molecule has 1 N–H and O–H groups in total. The van der Waals surface area contributed by atoms with E-state index in [-0.39, 0.29) is 11.7 Å². The zero-order valence-corrected chi connectivity index (χ0v) is 17.2. The lowest BCUT2D eigenvalue weighted by Crippen LogP contribution is -2.47. The van der Waals surface area contributed by atoms with Gasteiger partial charge in [0.2, 0.25) is 5.91 Å². The number of benzene rings is 2. The fourth-order valence-corrected chi connectivity index (χ4v) is 3.52. The van der Waals surface area contributed by atoms with Crippen LogP contribution in [0.3, 0.4) is 0 Å². The van der Waals surface area contributed by atoms with E-state index in [2.05, 4.69) is 15.1 Å². The second kappa shape index (κ2) is 11.0. The van der Waals surface area contributed by atoms with E-state index in [4.69, 9.17) is 11.6 Å². The van der Waals surface area contributed by atoms with E-state index in [0.717, 1.165) is 51.1 Å². The summed E-state index contributed by atoms with van der Waals surface area (Å²) >= 11 is 5.85. The van der Waals surface area contributed by atoms with E-state index in [1.165, 1.54) is 6.07 Å². The molecule has 1 aliphatic heterocycles. The molecule has 1 amide bonds. The van der Waals surface area contributed by atoms with Crippen molar-refractivity contribution in [1.29, 1.82) is 0 Å². The van der Waals surface area contributed by atoms with E-state index in [0.29, 0.717) is 17.3 Å². The van der Waals surface area contributed by atoms with E-state index in [1.54, 1.807) is 30.4 Å². The van der Waals surface area contributed by atoms with Crippen molar-refractivity contribution < 1.29 is 9.18 Å². The van der Waals surface area contributed by atoms with Gasteiger partial charge in [-0.15, -0.1) is 0 Å². The molecule has 2 aromatic carbocycles.